The molecular weight excluding hydrogens is 218 g/mol. The summed E-state index contributed by atoms with van der Waals surface area (Å²) < 4.78 is 0. The van der Waals surface area contributed by atoms with Crippen molar-refractivity contribution in [2.45, 2.75) is 31.8 Å². The second-order valence-electron chi connectivity index (χ2n) is 4.85. The molecule has 0 bridgehead atoms. The van der Waals surface area contributed by atoms with Gasteiger partial charge in [0.2, 0.25) is 0 Å². The Bertz CT molecular complexity index is 248. The highest BCUT2D eigenvalue weighted by Gasteiger charge is 2.26. The summed E-state index contributed by atoms with van der Waals surface area (Å²) in [6, 6.07) is 0.00477. The van der Waals surface area contributed by atoms with E-state index in [1.165, 1.54) is 0 Å². The molecule has 5 heteroatoms. The molecular formula is C12H25N3O2. The van der Waals surface area contributed by atoms with Crippen LogP contribution < -0.4 is 5.32 Å². The van der Waals surface area contributed by atoms with Crippen molar-refractivity contribution in [2.75, 3.05) is 40.3 Å². The van der Waals surface area contributed by atoms with Gasteiger partial charge in [0.15, 0.2) is 0 Å². The Labute approximate surface area is 104 Å². The average Bonchev–Trinajstić information content (AvgIpc) is 2.47. The lowest BCUT2D eigenvalue weighted by molar-refractivity contribution is -0.140. The summed E-state index contributed by atoms with van der Waals surface area (Å²) in [6.45, 7) is 5.90. The van der Waals surface area contributed by atoms with E-state index in [-0.39, 0.29) is 0 Å². The number of carboxylic acids is 1. The first kappa shape index (κ1) is 14.4. The van der Waals surface area contributed by atoms with Gasteiger partial charge in [0.05, 0.1) is 0 Å². The number of nitrogens with zero attached hydrogens (tertiary/aromatic N) is 2. The summed E-state index contributed by atoms with van der Waals surface area (Å²) >= 11 is 0. The minimum absolute atomic E-state index is 0.465. The summed E-state index contributed by atoms with van der Waals surface area (Å²) in [6.07, 6.45) is 2.18. The lowest BCUT2D eigenvalue weighted by Gasteiger charge is -2.31. The summed E-state index contributed by atoms with van der Waals surface area (Å²) in [4.78, 5) is 15.7. The molecule has 1 aliphatic heterocycles. The van der Waals surface area contributed by atoms with Crippen molar-refractivity contribution in [2.24, 2.45) is 0 Å². The zero-order valence-electron chi connectivity index (χ0n) is 11.1. The van der Waals surface area contributed by atoms with E-state index in [1.807, 2.05) is 0 Å². The van der Waals surface area contributed by atoms with E-state index >= 15 is 0 Å². The van der Waals surface area contributed by atoms with Crippen LogP contribution in [0, 0.1) is 0 Å². The number of hydrogen-bond donors (Lipinski definition) is 2. The highest BCUT2D eigenvalue weighted by atomic mass is 16.4. The lowest BCUT2D eigenvalue weighted by Crippen LogP contribution is -2.49. The van der Waals surface area contributed by atoms with Crippen molar-refractivity contribution >= 4 is 5.97 Å². The molecule has 0 aliphatic carbocycles. The van der Waals surface area contributed by atoms with Crippen LogP contribution in [0.25, 0.3) is 0 Å². The molecule has 0 radical (unpaired) electrons. The maximum atomic E-state index is 11.0. The van der Waals surface area contributed by atoms with Crippen LogP contribution in [0.4, 0.5) is 0 Å². The van der Waals surface area contributed by atoms with E-state index < -0.39 is 12.0 Å². The van der Waals surface area contributed by atoms with E-state index in [2.05, 4.69) is 29.1 Å². The second kappa shape index (κ2) is 6.93. The minimum atomic E-state index is -0.764. The molecule has 0 aromatic rings. The highest BCUT2D eigenvalue weighted by molar-refractivity contribution is 5.73. The monoisotopic (exact) mass is 243 g/mol. The first-order valence-electron chi connectivity index (χ1n) is 6.41. The van der Waals surface area contributed by atoms with Gasteiger partial charge in [-0.25, -0.2) is 0 Å². The standard InChI is InChI=1S/C12H25N3O2/c1-4-10-8-14(3)6-5-7-15(10)9-11(13-2)12(16)17/h10-11,13H,4-9H2,1-3H3,(H,16,17). The Kier molecular flexibility index (Phi) is 5.88. The van der Waals surface area contributed by atoms with Crippen LogP contribution in [0.3, 0.4) is 0 Å². The molecule has 1 heterocycles. The Morgan fingerprint density at radius 2 is 2.24 bits per heavy atom. The molecule has 5 nitrogen and oxygen atoms in total. The average molecular weight is 243 g/mol. The van der Waals surface area contributed by atoms with Gasteiger partial charge in [-0.05, 0) is 40.0 Å². The van der Waals surface area contributed by atoms with Gasteiger partial charge in [-0.15, -0.1) is 0 Å². The van der Waals surface area contributed by atoms with Crippen molar-refractivity contribution in [3.63, 3.8) is 0 Å². The SMILES string of the molecule is CCC1CN(C)CCCN1CC(NC)C(=O)O. The zero-order chi connectivity index (χ0) is 12.8. The molecule has 2 unspecified atom stereocenters. The third kappa shape index (κ3) is 4.26. The molecule has 1 aliphatic rings. The van der Waals surface area contributed by atoms with Crippen LogP contribution in [-0.4, -0.2) is 73.2 Å². The fourth-order valence-corrected chi connectivity index (χ4v) is 2.45. The number of nitrogens with one attached hydrogen (secondary N) is 1. The topological polar surface area (TPSA) is 55.8 Å². The lowest BCUT2D eigenvalue weighted by atomic mass is 10.1. The number of rotatable bonds is 5. The van der Waals surface area contributed by atoms with Crippen molar-refractivity contribution in [3.05, 3.63) is 0 Å². The predicted octanol–water partition coefficient (Wildman–Crippen LogP) is 0.0751. The Morgan fingerprint density at radius 3 is 2.76 bits per heavy atom. The first-order chi connectivity index (χ1) is 8.08. The molecule has 100 valence electrons. The molecule has 2 N–H and O–H groups in total. The number of carbonyl (C=O) groups is 1. The van der Waals surface area contributed by atoms with Gasteiger partial charge in [0, 0.05) is 19.1 Å². The molecule has 17 heavy (non-hydrogen) atoms. The van der Waals surface area contributed by atoms with Crippen LogP contribution >= 0.6 is 0 Å². The van der Waals surface area contributed by atoms with Gasteiger partial charge in [-0.3, -0.25) is 9.69 Å². The molecule has 0 aromatic heterocycles. The fourth-order valence-electron chi connectivity index (χ4n) is 2.45. The summed E-state index contributed by atoms with van der Waals surface area (Å²) in [7, 11) is 3.85. The first-order valence-corrected chi connectivity index (χ1v) is 6.41. The third-order valence-electron chi connectivity index (χ3n) is 3.56. The van der Waals surface area contributed by atoms with Crippen molar-refractivity contribution in [3.8, 4) is 0 Å². The van der Waals surface area contributed by atoms with E-state index in [1.54, 1.807) is 7.05 Å². The van der Waals surface area contributed by atoms with E-state index in [0.717, 1.165) is 32.5 Å². The van der Waals surface area contributed by atoms with E-state index in [0.29, 0.717) is 12.6 Å². The number of hydrogen-bond acceptors (Lipinski definition) is 4. The van der Waals surface area contributed by atoms with Crippen LogP contribution in [0.1, 0.15) is 19.8 Å². The van der Waals surface area contributed by atoms with Crippen LogP contribution in [-0.2, 0) is 4.79 Å². The summed E-state index contributed by atoms with van der Waals surface area (Å²) in [5, 5.41) is 12.0. The van der Waals surface area contributed by atoms with Crippen LogP contribution in [0.2, 0.25) is 0 Å². The van der Waals surface area contributed by atoms with Crippen molar-refractivity contribution < 1.29 is 9.90 Å². The van der Waals surface area contributed by atoms with Gasteiger partial charge in [-0.2, -0.15) is 0 Å². The smallest absolute Gasteiger partial charge is 0.322 e. The molecule has 0 aromatic carbocycles. The summed E-state index contributed by atoms with van der Waals surface area (Å²) in [5.74, 6) is -0.764. The number of aliphatic carboxylic acids is 1. The van der Waals surface area contributed by atoms with Gasteiger partial charge in [-0.1, -0.05) is 6.92 Å². The molecule has 2 atom stereocenters. The second-order valence-corrected chi connectivity index (χ2v) is 4.85. The zero-order valence-corrected chi connectivity index (χ0v) is 11.1. The Balaban J connectivity index is 2.62. The molecule has 0 saturated carbocycles. The quantitative estimate of drug-likeness (QED) is 0.716. The molecule has 0 spiro atoms. The maximum absolute atomic E-state index is 11.0. The van der Waals surface area contributed by atoms with Gasteiger partial charge >= 0.3 is 5.97 Å². The van der Waals surface area contributed by atoms with E-state index in [4.69, 9.17) is 5.11 Å². The van der Waals surface area contributed by atoms with Gasteiger partial charge in [0.25, 0.3) is 0 Å². The molecule has 1 rings (SSSR count). The molecule has 1 saturated heterocycles. The highest BCUT2D eigenvalue weighted by Crippen LogP contribution is 2.12. The third-order valence-corrected chi connectivity index (χ3v) is 3.56. The Hall–Kier alpha value is -0.650. The largest absolute Gasteiger partial charge is 0.480 e. The van der Waals surface area contributed by atoms with Crippen LogP contribution in [0.5, 0.6) is 0 Å². The summed E-state index contributed by atoms with van der Waals surface area (Å²) in [5.41, 5.74) is 0. The number of carboxylic acid groups (broad SMARTS) is 1. The van der Waals surface area contributed by atoms with Crippen molar-refractivity contribution in [1.82, 2.24) is 15.1 Å². The van der Waals surface area contributed by atoms with Gasteiger partial charge < -0.3 is 15.3 Å². The van der Waals surface area contributed by atoms with E-state index in [9.17, 15) is 4.79 Å². The number of likely N-dealkylation sites (N-methyl/N-ethyl adjacent to an activating group) is 2. The molecule has 1 fully saturated rings. The van der Waals surface area contributed by atoms with Gasteiger partial charge in [0.1, 0.15) is 6.04 Å². The normalized spacial score (nSPS) is 25.5. The van der Waals surface area contributed by atoms with Crippen LogP contribution in [0.15, 0.2) is 0 Å². The minimum Gasteiger partial charge on any atom is -0.480 e. The fraction of sp³-hybridized carbons (Fsp3) is 0.917. The van der Waals surface area contributed by atoms with Crippen molar-refractivity contribution in [1.29, 1.82) is 0 Å². The predicted molar refractivity (Wildman–Crippen MR) is 68.2 cm³/mol. The molecule has 0 amide bonds. The maximum Gasteiger partial charge on any atom is 0.322 e. The Morgan fingerprint density at radius 1 is 1.53 bits per heavy atom.